The van der Waals surface area contributed by atoms with Crippen LogP contribution in [0.2, 0.25) is 0 Å². The molecule has 1 amide bonds. The van der Waals surface area contributed by atoms with Crippen molar-refractivity contribution in [2.75, 3.05) is 33.4 Å². The van der Waals surface area contributed by atoms with Crippen LogP contribution < -0.4 is 5.32 Å². The van der Waals surface area contributed by atoms with Crippen molar-refractivity contribution in [3.63, 3.8) is 0 Å². The van der Waals surface area contributed by atoms with Crippen molar-refractivity contribution < 1.29 is 19.1 Å². The Morgan fingerprint density at radius 3 is 2.88 bits per heavy atom. The molecule has 0 radical (unpaired) electrons. The number of likely N-dealkylation sites (tertiary alicyclic amines) is 1. The quantitative estimate of drug-likeness (QED) is 0.687. The highest BCUT2D eigenvalue weighted by Gasteiger charge is 2.25. The van der Waals surface area contributed by atoms with E-state index >= 15 is 0 Å². The maximum atomic E-state index is 11.2. The van der Waals surface area contributed by atoms with Crippen molar-refractivity contribution in [3.8, 4) is 0 Å². The van der Waals surface area contributed by atoms with Gasteiger partial charge in [0.2, 0.25) is 0 Å². The summed E-state index contributed by atoms with van der Waals surface area (Å²) in [6, 6.07) is 0.0573. The number of ether oxygens (including phenoxy) is 2. The van der Waals surface area contributed by atoms with Gasteiger partial charge in [-0.2, -0.15) is 0 Å². The topological polar surface area (TPSA) is 67.9 Å². The number of hydrogen-bond acceptors (Lipinski definition) is 5. The highest BCUT2D eigenvalue weighted by molar-refractivity contribution is 5.71. The zero-order valence-electron chi connectivity index (χ0n) is 9.69. The molecule has 16 heavy (non-hydrogen) atoms. The fourth-order valence-corrected chi connectivity index (χ4v) is 1.71. The van der Waals surface area contributed by atoms with Crippen LogP contribution in [0.4, 0.5) is 4.79 Å². The predicted molar refractivity (Wildman–Crippen MR) is 57.0 cm³/mol. The molecule has 0 aliphatic carbocycles. The number of amides is 1. The molecule has 6 heteroatoms. The van der Waals surface area contributed by atoms with E-state index in [9.17, 15) is 9.59 Å². The standard InChI is InChI=1S/C10H18N2O4/c1-3-16-9(13)7-12-5-4-8(6-12)11-10(14)15-2/h8H,3-7H2,1-2H3,(H,11,14). The SMILES string of the molecule is CCOC(=O)CN1CCC(NC(=O)OC)C1. The normalized spacial score (nSPS) is 20.5. The maximum Gasteiger partial charge on any atom is 0.407 e. The highest BCUT2D eigenvalue weighted by atomic mass is 16.5. The summed E-state index contributed by atoms with van der Waals surface area (Å²) < 4.78 is 9.36. The average molecular weight is 230 g/mol. The Labute approximate surface area is 94.9 Å². The first-order valence-corrected chi connectivity index (χ1v) is 5.38. The van der Waals surface area contributed by atoms with Crippen molar-refractivity contribution in [1.29, 1.82) is 0 Å². The molecule has 1 heterocycles. The molecule has 0 aromatic heterocycles. The van der Waals surface area contributed by atoms with E-state index in [4.69, 9.17) is 4.74 Å². The fourth-order valence-electron chi connectivity index (χ4n) is 1.71. The number of carbonyl (C=O) groups is 2. The van der Waals surface area contributed by atoms with Crippen LogP contribution in [0.3, 0.4) is 0 Å². The van der Waals surface area contributed by atoms with Crippen molar-refractivity contribution in [3.05, 3.63) is 0 Å². The van der Waals surface area contributed by atoms with Crippen LogP contribution in [0.1, 0.15) is 13.3 Å². The number of alkyl carbamates (subject to hydrolysis) is 1. The molecule has 1 saturated heterocycles. The zero-order chi connectivity index (χ0) is 12.0. The van der Waals surface area contributed by atoms with Gasteiger partial charge in [-0.15, -0.1) is 0 Å². The molecule has 0 spiro atoms. The van der Waals surface area contributed by atoms with Gasteiger partial charge in [0.1, 0.15) is 0 Å². The Morgan fingerprint density at radius 1 is 1.50 bits per heavy atom. The Balaban J connectivity index is 2.24. The minimum Gasteiger partial charge on any atom is -0.465 e. The van der Waals surface area contributed by atoms with E-state index in [1.165, 1.54) is 7.11 Å². The molecule has 0 aromatic carbocycles. The third-order valence-electron chi connectivity index (χ3n) is 2.44. The number of esters is 1. The molecule has 6 nitrogen and oxygen atoms in total. The van der Waals surface area contributed by atoms with Gasteiger partial charge in [0.05, 0.1) is 20.3 Å². The van der Waals surface area contributed by atoms with Gasteiger partial charge >= 0.3 is 12.1 Å². The number of carbonyl (C=O) groups excluding carboxylic acids is 2. The molecule has 92 valence electrons. The number of hydrogen-bond donors (Lipinski definition) is 1. The second-order valence-electron chi connectivity index (χ2n) is 3.66. The lowest BCUT2D eigenvalue weighted by Crippen LogP contribution is -2.38. The number of rotatable bonds is 4. The van der Waals surface area contributed by atoms with Crippen molar-refractivity contribution in [1.82, 2.24) is 10.2 Å². The first-order valence-electron chi connectivity index (χ1n) is 5.38. The van der Waals surface area contributed by atoms with Crippen molar-refractivity contribution in [2.45, 2.75) is 19.4 Å². The molecule has 1 aliphatic rings. The van der Waals surface area contributed by atoms with E-state index in [0.29, 0.717) is 13.2 Å². The number of nitrogens with zero attached hydrogens (tertiary/aromatic N) is 1. The van der Waals surface area contributed by atoms with Gasteiger partial charge in [0.25, 0.3) is 0 Å². The van der Waals surface area contributed by atoms with Gasteiger partial charge in [0, 0.05) is 19.1 Å². The van der Waals surface area contributed by atoms with Gasteiger partial charge in [-0.1, -0.05) is 0 Å². The summed E-state index contributed by atoms with van der Waals surface area (Å²) in [5.41, 5.74) is 0. The van der Waals surface area contributed by atoms with E-state index < -0.39 is 6.09 Å². The summed E-state index contributed by atoms with van der Waals surface area (Å²) in [6.07, 6.45) is 0.400. The van der Waals surface area contributed by atoms with Crippen molar-refractivity contribution >= 4 is 12.1 Å². The minimum atomic E-state index is -0.428. The van der Waals surface area contributed by atoms with Gasteiger partial charge in [-0.3, -0.25) is 9.69 Å². The molecule has 1 fully saturated rings. The van der Waals surface area contributed by atoms with Gasteiger partial charge in [-0.05, 0) is 13.3 Å². The molecule has 0 bridgehead atoms. The summed E-state index contributed by atoms with van der Waals surface area (Å²) in [7, 11) is 1.33. The molecule has 1 N–H and O–H groups in total. The average Bonchev–Trinajstić information content (AvgIpc) is 2.65. The predicted octanol–water partition coefficient (Wildman–Crippen LogP) is -0.0202. The Hall–Kier alpha value is -1.30. The lowest BCUT2D eigenvalue weighted by molar-refractivity contribution is -0.144. The van der Waals surface area contributed by atoms with Crippen LogP contribution in [0.25, 0.3) is 0 Å². The van der Waals surface area contributed by atoms with Crippen LogP contribution in [-0.2, 0) is 14.3 Å². The van der Waals surface area contributed by atoms with E-state index in [1.807, 2.05) is 4.90 Å². The van der Waals surface area contributed by atoms with E-state index in [-0.39, 0.29) is 18.6 Å². The van der Waals surface area contributed by atoms with Crippen LogP contribution in [0.5, 0.6) is 0 Å². The van der Waals surface area contributed by atoms with E-state index in [1.54, 1.807) is 6.92 Å². The second kappa shape index (κ2) is 6.32. The van der Waals surface area contributed by atoms with Crippen LogP contribution in [-0.4, -0.2) is 56.4 Å². The highest BCUT2D eigenvalue weighted by Crippen LogP contribution is 2.08. The summed E-state index contributed by atoms with van der Waals surface area (Å²) in [6.45, 7) is 3.91. The molecule has 1 atom stereocenters. The molecule has 1 aliphatic heterocycles. The smallest absolute Gasteiger partial charge is 0.407 e. The Kier molecular flexibility index (Phi) is 5.04. The molecule has 1 rings (SSSR count). The van der Waals surface area contributed by atoms with Gasteiger partial charge < -0.3 is 14.8 Å². The van der Waals surface area contributed by atoms with Gasteiger partial charge in [0.15, 0.2) is 0 Å². The lowest BCUT2D eigenvalue weighted by Gasteiger charge is -2.15. The first-order chi connectivity index (χ1) is 7.65. The third-order valence-corrected chi connectivity index (χ3v) is 2.44. The maximum absolute atomic E-state index is 11.2. The molecular formula is C10H18N2O4. The summed E-state index contributed by atoms with van der Waals surface area (Å²) in [4.78, 5) is 24.1. The largest absolute Gasteiger partial charge is 0.465 e. The Bertz CT molecular complexity index is 257. The Morgan fingerprint density at radius 2 is 2.25 bits per heavy atom. The molecule has 0 aromatic rings. The van der Waals surface area contributed by atoms with Gasteiger partial charge in [-0.25, -0.2) is 4.79 Å². The summed E-state index contributed by atoms with van der Waals surface area (Å²) in [5.74, 6) is -0.221. The fraction of sp³-hybridized carbons (Fsp3) is 0.800. The summed E-state index contributed by atoms with van der Waals surface area (Å²) in [5, 5.41) is 2.71. The van der Waals surface area contributed by atoms with Crippen LogP contribution >= 0.6 is 0 Å². The van der Waals surface area contributed by atoms with E-state index in [0.717, 1.165) is 13.0 Å². The minimum absolute atomic E-state index is 0.0573. The number of methoxy groups -OCH3 is 1. The molecule has 1 unspecified atom stereocenters. The number of nitrogens with one attached hydrogen (secondary N) is 1. The van der Waals surface area contributed by atoms with Crippen LogP contribution in [0, 0.1) is 0 Å². The van der Waals surface area contributed by atoms with Crippen molar-refractivity contribution in [2.24, 2.45) is 0 Å². The molecular weight excluding hydrogens is 212 g/mol. The third kappa shape index (κ3) is 4.06. The lowest BCUT2D eigenvalue weighted by atomic mass is 10.3. The summed E-state index contributed by atoms with van der Waals surface area (Å²) >= 11 is 0. The van der Waals surface area contributed by atoms with Crippen LogP contribution in [0.15, 0.2) is 0 Å². The molecule has 0 saturated carbocycles. The van der Waals surface area contributed by atoms with E-state index in [2.05, 4.69) is 10.1 Å². The second-order valence-corrected chi connectivity index (χ2v) is 3.66. The zero-order valence-corrected chi connectivity index (χ0v) is 9.69. The first kappa shape index (κ1) is 12.8. The monoisotopic (exact) mass is 230 g/mol.